The van der Waals surface area contributed by atoms with Gasteiger partial charge in [0.05, 0.1) is 6.54 Å². The average Bonchev–Trinajstić information content (AvgIpc) is 2.66. The van der Waals surface area contributed by atoms with Gasteiger partial charge in [-0.2, -0.15) is 0 Å². The molecule has 0 heterocycles. The Morgan fingerprint density at radius 2 is 1.96 bits per heavy atom. The van der Waals surface area contributed by atoms with Gasteiger partial charge in [0.2, 0.25) is 0 Å². The molecule has 2 rings (SSSR count). The van der Waals surface area contributed by atoms with Crippen LogP contribution in [0, 0.1) is 0 Å². The molecule has 25 heavy (non-hydrogen) atoms. The number of carbonyl (C=O) groups excluding carboxylic acids is 1. The molecule has 1 aromatic rings. The van der Waals surface area contributed by atoms with Crippen LogP contribution in [0.2, 0.25) is 0 Å². The topological polar surface area (TPSA) is 65.5 Å². The first-order valence-corrected chi connectivity index (χ1v) is 9.24. The third-order valence-corrected chi connectivity index (χ3v) is 4.33. The highest BCUT2D eigenvalue weighted by atomic mass is 16.1. The molecule has 5 nitrogen and oxygen atoms in total. The second kappa shape index (κ2) is 10.5. The summed E-state index contributed by atoms with van der Waals surface area (Å²) >= 11 is 0. The summed E-state index contributed by atoms with van der Waals surface area (Å²) < 4.78 is 0. The second-order valence-electron chi connectivity index (χ2n) is 6.26. The van der Waals surface area contributed by atoms with Crippen molar-refractivity contribution in [1.82, 2.24) is 16.0 Å². The third kappa shape index (κ3) is 6.61. The zero-order valence-corrected chi connectivity index (χ0v) is 15.4. The molecule has 0 fully saturated rings. The summed E-state index contributed by atoms with van der Waals surface area (Å²) in [6.45, 7) is 4.41. The van der Waals surface area contributed by atoms with Crippen molar-refractivity contribution in [3.05, 3.63) is 47.0 Å². The maximum absolute atomic E-state index is 11.6. The molecule has 1 aromatic carbocycles. The van der Waals surface area contributed by atoms with Crippen molar-refractivity contribution in [2.24, 2.45) is 4.99 Å². The van der Waals surface area contributed by atoms with Crippen LogP contribution in [0.4, 0.5) is 0 Å². The summed E-state index contributed by atoms with van der Waals surface area (Å²) in [5.74, 6) is 0.774. The van der Waals surface area contributed by atoms with Gasteiger partial charge in [-0.3, -0.25) is 4.79 Å². The van der Waals surface area contributed by atoms with E-state index in [9.17, 15) is 4.79 Å². The van der Waals surface area contributed by atoms with Gasteiger partial charge < -0.3 is 16.0 Å². The van der Waals surface area contributed by atoms with E-state index in [0.717, 1.165) is 31.0 Å². The summed E-state index contributed by atoms with van der Waals surface area (Å²) in [6.07, 6.45) is 8.61. The minimum atomic E-state index is -0.0675. The molecular weight excluding hydrogens is 312 g/mol. The minimum Gasteiger partial charge on any atom is -0.357 e. The van der Waals surface area contributed by atoms with E-state index < -0.39 is 0 Å². The van der Waals surface area contributed by atoms with Crippen LogP contribution in [-0.2, 0) is 6.54 Å². The zero-order chi connectivity index (χ0) is 17.9. The molecule has 0 radical (unpaired) electrons. The molecule has 0 saturated carbocycles. The highest BCUT2D eigenvalue weighted by Gasteiger charge is 2.05. The van der Waals surface area contributed by atoms with Crippen molar-refractivity contribution in [3.8, 4) is 0 Å². The summed E-state index contributed by atoms with van der Waals surface area (Å²) in [7, 11) is 1.64. The van der Waals surface area contributed by atoms with Gasteiger partial charge in [-0.05, 0) is 56.7 Å². The normalized spacial score (nSPS) is 14.6. The van der Waals surface area contributed by atoms with E-state index in [1.807, 2.05) is 24.3 Å². The van der Waals surface area contributed by atoms with Crippen LogP contribution in [0.1, 0.15) is 54.9 Å². The smallest absolute Gasteiger partial charge is 0.251 e. The van der Waals surface area contributed by atoms with E-state index in [2.05, 4.69) is 33.9 Å². The van der Waals surface area contributed by atoms with Crippen LogP contribution in [0.25, 0.3) is 0 Å². The van der Waals surface area contributed by atoms with Gasteiger partial charge in [0, 0.05) is 25.7 Å². The fourth-order valence-corrected chi connectivity index (χ4v) is 2.89. The van der Waals surface area contributed by atoms with E-state index in [1.165, 1.54) is 25.7 Å². The third-order valence-electron chi connectivity index (χ3n) is 4.33. The van der Waals surface area contributed by atoms with Gasteiger partial charge >= 0.3 is 0 Å². The Morgan fingerprint density at radius 1 is 1.16 bits per heavy atom. The van der Waals surface area contributed by atoms with Gasteiger partial charge in [-0.25, -0.2) is 4.99 Å². The highest BCUT2D eigenvalue weighted by Crippen LogP contribution is 2.19. The number of carbonyl (C=O) groups is 1. The molecule has 0 saturated heterocycles. The molecule has 1 aliphatic carbocycles. The van der Waals surface area contributed by atoms with Crippen LogP contribution in [0.15, 0.2) is 40.9 Å². The summed E-state index contributed by atoms with van der Waals surface area (Å²) in [6, 6.07) is 7.56. The lowest BCUT2D eigenvalue weighted by Gasteiger charge is -2.15. The minimum absolute atomic E-state index is 0.0675. The standard InChI is InChI=1S/C20H30N4O/c1-3-22-20(23-14-13-16-7-5-4-6-8-16)24-15-17-9-11-18(12-10-17)19(25)21-2/h7,9-12H,3-6,8,13-15H2,1-2H3,(H,21,25)(H2,22,23,24). The van der Waals surface area contributed by atoms with Crippen molar-refractivity contribution in [1.29, 1.82) is 0 Å². The zero-order valence-electron chi connectivity index (χ0n) is 15.4. The number of nitrogens with zero attached hydrogens (tertiary/aromatic N) is 1. The van der Waals surface area contributed by atoms with Crippen molar-refractivity contribution in [3.63, 3.8) is 0 Å². The fourth-order valence-electron chi connectivity index (χ4n) is 2.89. The van der Waals surface area contributed by atoms with Gasteiger partial charge in [0.15, 0.2) is 5.96 Å². The number of guanidine groups is 1. The first-order chi connectivity index (χ1) is 12.2. The molecule has 0 aromatic heterocycles. The molecule has 0 atom stereocenters. The number of rotatable bonds is 7. The monoisotopic (exact) mass is 342 g/mol. The number of benzene rings is 1. The maximum atomic E-state index is 11.6. The summed E-state index contributed by atoms with van der Waals surface area (Å²) in [5, 5.41) is 9.32. The Hall–Kier alpha value is -2.30. The van der Waals surface area contributed by atoms with E-state index in [1.54, 1.807) is 12.6 Å². The van der Waals surface area contributed by atoms with Crippen molar-refractivity contribution in [2.45, 2.75) is 45.6 Å². The van der Waals surface area contributed by atoms with Crippen LogP contribution >= 0.6 is 0 Å². The van der Waals surface area contributed by atoms with Crippen molar-refractivity contribution in [2.75, 3.05) is 20.1 Å². The average molecular weight is 342 g/mol. The molecule has 0 unspecified atom stereocenters. The van der Waals surface area contributed by atoms with Crippen molar-refractivity contribution < 1.29 is 4.79 Å². The number of hydrogen-bond acceptors (Lipinski definition) is 2. The lowest BCUT2D eigenvalue weighted by Crippen LogP contribution is -2.37. The Bertz CT molecular complexity index is 605. The molecular formula is C20H30N4O. The Labute approximate surface area is 151 Å². The second-order valence-corrected chi connectivity index (χ2v) is 6.26. The number of amides is 1. The van der Waals surface area contributed by atoms with E-state index in [4.69, 9.17) is 0 Å². The number of hydrogen-bond donors (Lipinski definition) is 3. The lowest BCUT2D eigenvalue weighted by atomic mass is 9.97. The largest absolute Gasteiger partial charge is 0.357 e. The van der Waals surface area contributed by atoms with Crippen LogP contribution in [-0.4, -0.2) is 32.0 Å². The van der Waals surface area contributed by atoms with Gasteiger partial charge in [-0.15, -0.1) is 0 Å². The van der Waals surface area contributed by atoms with Gasteiger partial charge in [0.25, 0.3) is 5.91 Å². The van der Waals surface area contributed by atoms with Gasteiger partial charge in [0.1, 0.15) is 0 Å². The van der Waals surface area contributed by atoms with Crippen LogP contribution < -0.4 is 16.0 Å². The van der Waals surface area contributed by atoms with Crippen LogP contribution in [0.3, 0.4) is 0 Å². The number of allylic oxidation sites excluding steroid dienone is 1. The quantitative estimate of drug-likeness (QED) is 0.405. The number of aliphatic imine (C=N–C) groups is 1. The first kappa shape index (κ1) is 19.0. The Balaban J connectivity index is 1.85. The predicted molar refractivity (Wildman–Crippen MR) is 104 cm³/mol. The maximum Gasteiger partial charge on any atom is 0.251 e. The molecule has 3 N–H and O–H groups in total. The van der Waals surface area contributed by atoms with Crippen molar-refractivity contribution >= 4 is 11.9 Å². The molecule has 136 valence electrons. The van der Waals surface area contributed by atoms with E-state index >= 15 is 0 Å². The van der Waals surface area contributed by atoms with E-state index in [-0.39, 0.29) is 5.91 Å². The molecule has 0 aliphatic heterocycles. The summed E-state index contributed by atoms with van der Waals surface area (Å²) in [5.41, 5.74) is 3.32. The fraction of sp³-hybridized carbons (Fsp3) is 0.500. The number of nitrogens with one attached hydrogen (secondary N) is 3. The predicted octanol–water partition coefficient (Wildman–Crippen LogP) is 2.99. The SMILES string of the molecule is CCNC(=NCc1ccc(C(=O)NC)cc1)NCCC1=CCCCC1. The molecule has 0 spiro atoms. The van der Waals surface area contributed by atoms with E-state index in [0.29, 0.717) is 12.1 Å². The van der Waals surface area contributed by atoms with Gasteiger partial charge in [-0.1, -0.05) is 23.8 Å². The first-order valence-electron chi connectivity index (χ1n) is 9.24. The highest BCUT2D eigenvalue weighted by molar-refractivity contribution is 5.93. The summed E-state index contributed by atoms with van der Waals surface area (Å²) in [4.78, 5) is 16.2. The molecule has 0 bridgehead atoms. The molecule has 5 heteroatoms. The molecule has 1 amide bonds. The van der Waals surface area contributed by atoms with Crippen LogP contribution in [0.5, 0.6) is 0 Å². The Kier molecular flexibility index (Phi) is 8.02. The Morgan fingerprint density at radius 3 is 2.60 bits per heavy atom. The lowest BCUT2D eigenvalue weighted by molar-refractivity contribution is 0.0963. The molecule has 1 aliphatic rings.